The number of aliphatic carboxylic acids is 1. The second-order valence-corrected chi connectivity index (χ2v) is 3.87. The first kappa shape index (κ1) is 8.57. The van der Waals surface area contributed by atoms with Gasteiger partial charge >= 0.3 is 5.97 Å². The smallest absolute Gasteiger partial charge is 0.309 e. The molecule has 0 radical (unpaired) electrons. The van der Waals surface area contributed by atoms with E-state index in [9.17, 15) is 4.79 Å². The normalized spacial score (nSPS) is 38.5. The standard InChI is InChI=1S/C9H16O2/c1-7-5-3-4-6-9(7,2)8(10)11/h7H,3-6H2,1-2H3,(H,10,11)/t7-,9+/m1/s1. The van der Waals surface area contributed by atoms with Gasteiger partial charge in [0.25, 0.3) is 0 Å². The van der Waals surface area contributed by atoms with Crippen LogP contribution in [-0.2, 0) is 4.79 Å². The molecule has 64 valence electrons. The van der Waals surface area contributed by atoms with Crippen molar-refractivity contribution in [3.8, 4) is 0 Å². The summed E-state index contributed by atoms with van der Waals surface area (Å²) in [6.07, 6.45) is 4.20. The fourth-order valence-electron chi connectivity index (χ4n) is 1.83. The Morgan fingerprint density at radius 1 is 1.55 bits per heavy atom. The fourth-order valence-corrected chi connectivity index (χ4v) is 1.83. The minimum Gasteiger partial charge on any atom is -0.481 e. The Hall–Kier alpha value is -0.530. The molecule has 1 rings (SSSR count). The van der Waals surface area contributed by atoms with E-state index in [-0.39, 0.29) is 0 Å². The molecule has 0 spiro atoms. The van der Waals surface area contributed by atoms with Gasteiger partial charge in [0.2, 0.25) is 0 Å². The van der Waals surface area contributed by atoms with Crippen LogP contribution >= 0.6 is 0 Å². The molecule has 0 aliphatic heterocycles. The van der Waals surface area contributed by atoms with Crippen LogP contribution in [0.4, 0.5) is 0 Å². The van der Waals surface area contributed by atoms with Crippen LogP contribution in [-0.4, -0.2) is 11.1 Å². The lowest BCUT2D eigenvalue weighted by atomic mass is 9.68. The molecule has 1 fully saturated rings. The zero-order valence-corrected chi connectivity index (χ0v) is 7.26. The molecular formula is C9H16O2. The summed E-state index contributed by atoms with van der Waals surface area (Å²) in [6, 6.07) is 0. The average molecular weight is 156 g/mol. The Labute approximate surface area is 67.6 Å². The molecule has 0 bridgehead atoms. The molecule has 11 heavy (non-hydrogen) atoms. The highest BCUT2D eigenvalue weighted by Crippen LogP contribution is 2.40. The largest absolute Gasteiger partial charge is 0.481 e. The number of carboxylic acid groups (broad SMARTS) is 1. The Bertz CT molecular complexity index is 165. The molecule has 0 aromatic carbocycles. The highest BCUT2D eigenvalue weighted by molar-refractivity contribution is 5.74. The van der Waals surface area contributed by atoms with E-state index in [1.165, 1.54) is 6.42 Å². The van der Waals surface area contributed by atoms with Crippen molar-refractivity contribution in [2.45, 2.75) is 39.5 Å². The topological polar surface area (TPSA) is 37.3 Å². The third-order valence-electron chi connectivity index (χ3n) is 3.16. The molecule has 2 nitrogen and oxygen atoms in total. The summed E-state index contributed by atoms with van der Waals surface area (Å²) in [5.41, 5.74) is -0.446. The highest BCUT2D eigenvalue weighted by Gasteiger charge is 2.40. The Morgan fingerprint density at radius 2 is 2.18 bits per heavy atom. The number of rotatable bonds is 1. The second-order valence-electron chi connectivity index (χ2n) is 3.87. The minimum absolute atomic E-state index is 0.341. The summed E-state index contributed by atoms with van der Waals surface area (Å²) < 4.78 is 0. The predicted molar refractivity (Wildman–Crippen MR) is 43.4 cm³/mol. The molecule has 2 atom stereocenters. The zero-order chi connectivity index (χ0) is 8.48. The van der Waals surface area contributed by atoms with E-state index in [2.05, 4.69) is 0 Å². The molecule has 0 aromatic heterocycles. The van der Waals surface area contributed by atoms with E-state index >= 15 is 0 Å². The first-order chi connectivity index (χ1) is 5.07. The lowest BCUT2D eigenvalue weighted by molar-refractivity contribution is -0.153. The summed E-state index contributed by atoms with van der Waals surface area (Å²) >= 11 is 0. The van der Waals surface area contributed by atoms with Gasteiger partial charge in [0.15, 0.2) is 0 Å². The van der Waals surface area contributed by atoms with E-state index in [1.807, 2.05) is 13.8 Å². The molecule has 2 heteroatoms. The van der Waals surface area contributed by atoms with Crippen LogP contribution in [0.15, 0.2) is 0 Å². The first-order valence-corrected chi connectivity index (χ1v) is 4.31. The number of hydrogen-bond acceptors (Lipinski definition) is 1. The second kappa shape index (κ2) is 2.84. The summed E-state index contributed by atoms with van der Waals surface area (Å²) in [6.45, 7) is 3.92. The van der Waals surface area contributed by atoms with Crippen LogP contribution in [0, 0.1) is 11.3 Å². The van der Waals surface area contributed by atoms with Crippen LogP contribution in [0.2, 0.25) is 0 Å². The summed E-state index contributed by atoms with van der Waals surface area (Å²) in [5.74, 6) is -0.279. The molecule has 1 saturated carbocycles. The van der Waals surface area contributed by atoms with Gasteiger partial charge in [0.05, 0.1) is 5.41 Å². The fraction of sp³-hybridized carbons (Fsp3) is 0.889. The van der Waals surface area contributed by atoms with Gasteiger partial charge in [-0.25, -0.2) is 0 Å². The monoisotopic (exact) mass is 156 g/mol. The molecule has 0 heterocycles. The Morgan fingerprint density at radius 3 is 2.55 bits per heavy atom. The molecule has 0 unspecified atom stereocenters. The van der Waals surface area contributed by atoms with Gasteiger partial charge in [-0.15, -0.1) is 0 Å². The summed E-state index contributed by atoms with van der Waals surface area (Å²) in [5, 5.41) is 8.97. The highest BCUT2D eigenvalue weighted by atomic mass is 16.4. The minimum atomic E-state index is -0.621. The van der Waals surface area contributed by atoms with Crippen LogP contribution < -0.4 is 0 Å². The van der Waals surface area contributed by atoms with Gasteiger partial charge in [0, 0.05) is 0 Å². The number of carboxylic acids is 1. The maximum absolute atomic E-state index is 10.9. The molecular weight excluding hydrogens is 140 g/mol. The molecule has 0 amide bonds. The van der Waals surface area contributed by atoms with Crippen LogP contribution in [0.5, 0.6) is 0 Å². The summed E-state index contributed by atoms with van der Waals surface area (Å²) in [7, 11) is 0. The van der Waals surface area contributed by atoms with Crippen molar-refractivity contribution in [1.82, 2.24) is 0 Å². The van der Waals surface area contributed by atoms with Crippen molar-refractivity contribution in [3.63, 3.8) is 0 Å². The maximum atomic E-state index is 10.9. The quantitative estimate of drug-likeness (QED) is 0.632. The molecule has 0 aromatic rings. The lowest BCUT2D eigenvalue weighted by Gasteiger charge is -2.35. The van der Waals surface area contributed by atoms with Gasteiger partial charge < -0.3 is 5.11 Å². The van der Waals surface area contributed by atoms with E-state index < -0.39 is 11.4 Å². The van der Waals surface area contributed by atoms with Gasteiger partial charge in [-0.3, -0.25) is 4.79 Å². The van der Waals surface area contributed by atoms with Crippen LogP contribution in [0.1, 0.15) is 39.5 Å². The van der Waals surface area contributed by atoms with E-state index in [0.717, 1.165) is 19.3 Å². The van der Waals surface area contributed by atoms with Crippen molar-refractivity contribution in [2.24, 2.45) is 11.3 Å². The van der Waals surface area contributed by atoms with Crippen molar-refractivity contribution in [1.29, 1.82) is 0 Å². The molecule has 0 saturated heterocycles. The van der Waals surface area contributed by atoms with Gasteiger partial charge in [-0.1, -0.05) is 19.8 Å². The Kier molecular flexibility index (Phi) is 2.21. The first-order valence-electron chi connectivity index (χ1n) is 4.31. The lowest BCUT2D eigenvalue weighted by Crippen LogP contribution is -2.36. The molecule has 1 N–H and O–H groups in total. The number of carbonyl (C=O) groups is 1. The van der Waals surface area contributed by atoms with Gasteiger partial charge in [-0.2, -0.15) is 0 Å². The van der Waals surface area contributed by atoms with Crippen molar-refractivity contribution in [2.75, 3.05) is 0 Å². The van der Waals surface area contributed by atoms with Crippen molar-refractivity contribution >= 4 is 5.97 Å². The van der Waals surface area contributed by atoms with Gasteiger partial charge in [0.1, 0.15) is 0 Å². The third-order valence-corrected chi connectivity index (χ3v) is 3.16. The predicted octanol–water partition coefficient (Wildman–Crippen LogP) is 2.29. The maximum Gasteiger partial charge on any atom is 0.309 e. The average Bonchev–Trinajstić information content (AvgIpc) is 1.95. The van der Waals surface area contributed by atoms with E-state index in [0.29, 0.717) is 5.92 Å². The van der Waals surface area contributed by atoms with Crippen molar-refractivity contribution in [3.05, 3.63) is 0 Å². The Balaban J connectivity index is 2.72. The third kappa shape index (κ3) is 1.39. The molecule has 1 aliphatic rings. The summed E-state index contributed by atoms with van der Waals surface area (Å²) in [4.78, 5) is 10.9. The van der Waals surface area contributed by atoms with E-state index in [1.54, 1.807) is 0 Å². The number of hydrogen-bond donors (Lipinski definition) is 1. The molecule has 1 aliphatic carbocycles. The van der Waals surface area contributed by atoms with Crippen molar-refractivity contribution < 1.29 is 9.90 Å². The SMILES string of the molecule is C[C@@H]1CCCC[C@]1(C)C(=O)O. The van der Waals surface area contributed by atoms with Crippen LogP contribution in [0.3, 0.4) is 0 Å². The van der Waals surface area contributed by atoms with Crippen LogP contribution in [0.25, 0.3) is 0 Å². The van der Waals surface area contributed by atoms with E-state index in [4.69, 9.17) is 5.11 Å². The zero-order valence-electron chi connectivity index (χ0n) is 7.26. The van der Waals surface area contributed by atoms with Gasteiger partial charge in [-0.05, 0) is 25.7 Å².